The Balaban J connectivity index is 3.58. The van der Waals surface area contributed by atoms with E-state index >= 15 is 0 Å². The molecule has 6 nitrogen and oxygen atoms in total. The summed E-state index contributed by atoms with van der Waals surface area (Å²) in [6.07, 6.45) is 15.9. The van der Waals surface area contributed by atoms with Crippen LogP contribution in [0, 0.1) is 0 Å². The number of nitrogens with zero attached hydrogens (tertiary/aromatic N) is 3. The summed E-state index contributed by atoms with van der Waals surface area (Å²) in [7, 11) is 0. The molecule has 0 heterocycles. The van der Waals surface area contributed by atoms with Crippen molar-refractivity contribution in [3.63, 3.8) is 0 Å². The predicted octanol–water partition coefficient (Wildman–Crippen LogP) is 6.07. The molecule has 26 heavy (non-hydrogen) atoms. The summed E-state index contributed by atoms with van der Waals surface area (Å²) in [5.74, 6) is -0.646. The first-order valence-electron chi connectivity index (χ1n) is 10.6. The zero-order valence-corrected chi connectivity index (χ0v) is 16.9. The fraction of sp³-hybridized carbons (Fsp3) is 0.950. The van der Waals surface area contributed by atoms with E-state index in [1.807, 2.05) is 0 Å². The number of hydrogen-bond acceptors (Lipinski definition) is 4. The number of carbonyl (C=O) groups is 1. The van der Waals surface area contributed by atoms with E-state index in [9.17, 15) is 9.90 Å². The third-order valence-electron chi connectivity index (χ3n) is 4.67. The topological polar surface area (TPSA) is 95.3 Å². The fourth-order valence-electron chi connectivity index (χ4n) is 3.09. The van der Waals surface area contributed by atoms with Crippen molar-refractivity contribution in [1.29, 1.82) is 0 Å². The van der Waals surface area contributed by atoms with Crippen LogP contribution >= 0.6 is 0 Å². The van der Waals surface area contributed by atoms with Crippen LogP contribution in [0.15, 0.2) is 5.11 Å². The second-order valence-electron chi connectivity index (χ2n) is 7.00. The molecular weight excluding hydrogens is 330 g/mol. The fourth-order valence-corrected chi connectivity index (χ4v) is 3.09. The van der Waals surface area contributed by atoms with Crippen LogP contribution in [0.5, 0.6) is 0 Å². The Kier molecular flexibility index (Phi) is 17.6. The van der Waals surface area contributed by atoms with Gasteiger partial charge in [0.1, 0.15) is 0 Å². The zero-order valence-electron chi connectivity index (χ0n) is 16.9. The Morgan fingerprint density at radius 3 is 1.81 bits per heavy atom. The maximum atomic E-state index is 11.7. The first-order valence-corrected chi connectivity index (χ1v) is 10.6. The predicted molar refractivity (Wildman–Crippen MR) is 106 cm³/mol. The van der Waals surface area contributed by atoms with Gasteiger partial charge in [0.15, 0.2) is 6.04 Å². The van der Waals surface area contributed by atoms with Crippen LogP contribution in [0.3, 0.4) is 0 Å². The van der Waals surface area contributed by atoms with Gasteiger partial charge in [0.25, 0.3) is 0 Å². The van der Waals surface area contributed by atoms with Crippen LogP contribution in [-0.2, 0) is 9.53 Å². The summed E-state index contributed by atoms with van der Waals surface area (Å²) < 4.78 is 4.83. The molecule has 0 aromatic rings. The van der Waals surface area contributed by atoms with Gasteiger partial charge in [-0.2, -0.15) is 0 Å². The van der Waals surface area contributed by atoms with E-state index < -0.39 is 18.1 Å². The van der Waals surface area contributed by atoms with Crippen LogP contribution in [0.1, 0.15) is 104 Å². The van der Waals surface area contributed by atoms with E-state index in [0.717, 1.165) is 19.3 Å². The highest BCUT2D eigenvalue weighted by Gasteiger charge is 2.26. The second kappa shape index (κ2) is 18.5. The number of rotatable bonds is 18. The number of ether oxygens (including phenoxy) is 1. The maximum Gasteiger partial charge on any atom is 0.317 e. The van der Waals surface area contributed by atoms with Gasteiger partial charge < -0.3 is 9.84 Å². The van der Waals surface area contributed by atoms with Gasteiger partial charge in [-0.05, 0) is 18.9 Å². The van der Waals surface area contributed by atoms with Crippen molar-refractivity contribution >= 4 is 5.97 Å². The molecule has 0 aliphatic heterocycles. The van der Waals surface area contributed by atoms with Gasteiger partial charge in [0.05, 0.1) is 12.7 Å². The molecule has 0 rings (SSSR count). The summed E-state index contributed by atoms with van der Waals surface area (Å²) in [5.41, 5.74) is 8.53. The Morgan fingerprint density at radius 1 is 0.923 bits per heavy atom. The monoisotopic (exact) mass is 369 g/mol. The lowest BCUT2D eigenvalue weighted by Gasteiger charge is -2.16. The average molecular weight is 370 g/mol. The van der Waals surface area contributed by atoms with Gasteiger partial charge in [-0.25, -0.2) is 0 Å². The molecule has 6 heteroatoms. The standard InChI is InChI=1S/C20H39N3O3/c1-3-5-6-7-8-9-10-11-12-13-14-15-16-17-18(24)19(22-23-21)20(25)26-4-2/h18-19,24H,3-17H2,1-2H3/t18-,19-/m0/s1. The molecule has 0 aromatic carbocycles. The van der Waals surface area contributed by atoms with Gasteiger partial charge in [0, 0.05) is 4.91 Å². The lowest BCUT2D eigenvalue weighted by molar-refractivity contribution is -0.147. The number of aliphatic hydroxyl groups excluding tert-OH is 1. The minimum atomic E-state index is -1.13. The quantitative estimate of drug-likeness (QED) is 0.104. The van der Waals surface area contributed by atoms with Gasteiger partial charge in [-0.1, -0.05) is 95.5 Å². The molecule has 0 radical (unpaired) electrons. The minimum Gasteiger partial charge on any atom is -0.466 e. The molecule has 0 amide bonds. The van der Waals surface area contributed by atoms with Gasteiger partial charge in [-0.15, -0.1) is 0 Å². The number of azide groups is 1. The van der Waals surface area contributed by atoms with Crippen molar-refractivity contribution in [1.82, 2.24) is 0 Å². The molecule has 0 aromatic heterocycles. The van der Waals surface area contributed by atoms with Crippen molar-refractivity contribution in [3.05, 3.63) is 10.4 Å². The number of aliphatic hydroxyl groups is 1. The van der Waals surface area contributed by atoms with Crippen molar-refractivity contribution < 1.29 is 14.6 Å². The van der Waals surface area contributed by atoms with E-state index in [2.05, 4.69) is 16.9 Å². The molecule has 0 saturated heterocycles. The van der Waals surface area contributed by atoms with Crippen molar-refractivity contribution in [2.75, 3.05) is 6.61 Å². The molecule has 0 spiro atoms. The molecule has 152 valence electrons. The van der Waals surface area contributed by atoms with Crippen LogP contribution < -0.4 is 0 Å². The van der Waals surface area contributed by atoms with Crippen LogP contribution in [0.2, 0.25) is 0 Å². The molecule has 1 N–H and O–H groups in total. The SMILES string of the molecule is CCCCCCCCCCCCCCC[C@H](O)[C@H](N=[N+]=[N-])C(=O)OCC. The highest BCUT2D eigenvalue weighted by molar-refractivity contribution is 5.76. The van der Waals surface area contributed by atoms with Crippen LogP contribution in [-0.4, -0.2) is 29.8 Å². The minimum absolute atomic E-state index is 0.210. The third-order valence-corrected chi connectivity index (χ3v) is 4.67. The van der Waals surface area contributed by atoms with Gasteiger partial charge in [0.2, 0.25) is 0 Å². The zero-order chi connectivity index (χ0) is 19.5. The Hall–Kier alpha value is -1.26. The molecule has 0 saturated carbocycles. The molecule has 0 aliphatic rings. The van der Waals surface area contributed by atoms with E-state index in [1.54, 1.807) is 6.92 Å². The summed E-state index contributed by atoms with van der Waals surface area (Å²) >= 11 is 0. The lowest BCUT2D eigenvalue weighted by atomic mass is 10.0. The third kappa shape index (κ3) is 14.0. The number of hydrogen-bond donors (Lipinski definition) is 1. The highest BCUT2D eigenvalue weighted by Crippen LogP contribution is 2.15. The van der Waals surface area contributed by atoms with E-state index in [0.29, 0.717) is 6.42 Å². The molecular formula is C20H39N3O3. The Morgan fingerprint density at radius 2 is 1.38 bits per heavy atom. The Bertz CT molecular complexity index is 384. The van der Waals surface area contributed by atoms with Gasteiger partial charge in [-0.3, -0.25) is 4.79 Å². The molecule has 0 bridgehead atoms. The summed E-state index contributed by atoms with van der Waals surface area (Å²) in [5, 5.41) is 13.4. The number of esters is 1. The summed E-state index contributed by atoms with van der Waals surface area (Å²) in [6.45, 7) is 4.14. The second-order valence-corrected chi connectivity index (χ2v) is 7.00. The summed E-state index contributed by atoms with van der Waals surface area (Å²) in [6, 6.07) is -1.13. The summed E-state index contributed by atoms with van der Waals surface area (Å²) in [4.78, 5) is 14.3. The number of carbonyl (C=O) groups excluding carboxylic acids is 1. The largest absolute Gasteiger partial charge is 0.466 e. The normalized spacial score (nSPS) is 13.0. The number of unbranched alkanes of at least 4 members (excludes halogenated alkanes) is 12. The van der Waals surface area contributed by atoms with Crippen molar-refractivity contribution in [2.45, 2.75) is 116 Å². The molecule has 0 unspecified atom stereocenters. The van der Waals surface area contributed by atoms with E-state index in [-0.39, 0.29) is 6.61 Å². The van der Waals surface area contributed by atoms with E-state index in [1.165, 1.54) is 64.2 Å². The van der Waals surface area contributed by atoms with Crippen LogP contribution in [0.25, 0.3) is 10.4 Å². The maximum absolute atomic E-state index is 11.7. The van der Waals surface area contributed by atoms with Crippen LogP contribution in [0.4, 0.5) is 0 Å². The first kappa shape index (κ1) is 24.7. The van der Waals surface area contributed by atoms with E-state index in [4.69, 9.17) is 10.3 Å². The lowest BCUT2D eigenvalue weighted by Crippen LogP contribution is -2.33. The molecule has 2 atom stereocenters. The van der Waals surface area contributed by atoms with Gasteiger partial charge >= 0.3 is 5.97 Å². The smallest absolute Gasteiger partial charge is 0.317 e. The highest BCUT2D eigenvalue weighted by atomic mass is 16.5. The Labute approximate surface area is 159 Å². The van der Waals surface area contributed by atoms with Crippen molar-refractivity contribution in [2.24, 2.45) is 5.11 Å². The van der Waals surface area contributed by atoms with Crippen molar-refractivity contribution in [3.8, 4) is 0 Å². The first-order chi connectivity index (χ1) is 12.7. The molecule has 0 fully saturated rings. The average Bonchev–Trinajstić information content (AvgIpc) is 2.63. The molecule has 0 aliphatic carbocycles.